The number of anilines is 1. The third-order valence-electron chi connectivity index (χ3n) is 4.04. The van der Waals surface area contributed by atoms with Crippen LogP contribution in [0.5, 0.6) is 11.5 Å². The standard InChI is InChI=1S/C19H16N4O5S/c20-6-2-7-23(13-4-5-14-16(11-13)27-10-9-26-14)17(24)12-29-19-22-21-18(28-19)15-3-1-8-25-15/h1,3-5,8,11H,2,7,9-10,12H2. The van der Waals surface area contributed by atoms with Crippen molar-refractivity contribution in [3.8, 4) is 29.2 Å². The molecule has 1 amide bonds. The highest BCUT2D eigenvalue weighted by Gasteiger charge is 2.21. The van der Waals surface area contributed by atoms with Gasteiger partial charge in [0, 0.05) is 18.3 Å². The molecule has 29 heavy (non-hydrogen) atoms. The van der Waals surface area contributed by atoms with Crippen LogP contribution in [0.1, 0.15) is 6.42 Å². The number of carbonyl (C=O) groups excluding carboxylic acids is 1. The molecule has 0 spiro atoms. The van der Waals surface area contributed by atoms with Crippen molar-refractivity contribution in [2.75, 3.05) is 30.4 Å². The Morgan fingerprint density at radius 2 is 2.07 bits per heavy atom. The van der Waals surface area contributed by atoms with E-state index in [9.17, 15) is 4.79 Å². The van der Waals surface area contributed by atoms with E-state index in [1.54, 1.807) is 30.3 Å². The molecule has 1 aliphatic heterocycles. The van der Waals surface area contributed by atoms with Crippen molar-refractivity contribution in [2.45, 2.75) is 11.6 Å². The monoisotopic (exact) mass is 412 g/mol. The summed E-state index contributed by atoms with van der Waals surface area (Å²) in [6.07, 6.45) is 1.71. The summed E-state index contributed by atoms with van der Waals surface area (Å²) < 4.78 is 21.8. The van der Waals surface area contributed by atoms with E-state index in [1.807, 2.05) is 0 Å². The zero-order valence-corrected chi connectivity index (χ0v) is 16.1. The Bertz CT molecular complexity index is 1030. The molecule has 10 heteroatoms. The largest absolute Gasteiger partial charge is 0.486 e. The van der Waals surface area contributed by atoms with Crippen LogP contribution in [0.2, 0.25) is 0 Å². The van der Waals surface area contributed by atoms with Crippen molar-refractivity contribution in [3.63, 3.8) is 0 Å². The lowest BCUT2D eigenvalue weighted by molar-refractivity contribution is -0.116. The minimum absolute atomic E-state index is 0.0691. The van der Waals surface area contributed by atoms with E-state index >= 15 is 0 Å². The van der Waals surface area contributed by atoms with E-state index < -0.39 is 0 Å². The SMILES string of the molecule is N#CCCN(C(=O)CSc1nnc(-c2ccco2)o1)c1ccc2c(c1)OCCO2. The average Bonchev–Trinajstić information content (AvgIpc) is 3.44. The Morgan fingerprint density at radius 1 is 1.21 bits per heavy atom. The summed E-state index contributed by atoms with van der Waals surface area (Å²) in [5, 5.41) is 17.0. The van der Waals surface area contributed by atoms with E-state index in [1.165, 1.54) is 11.2 Å². The van der Waals surface area contributed by atoms with Gasteiger partial charge in [0.1, 0.15) is 13.2 Å². The predicted octanol–water partition coefficient (Wildman–Crippen LogP) is 3.14. The molecule has 3 aromatic rings. The average molecular weight is 412 g/mol. The number of amides is 1. The molecule has 9 nitrogen and oxygen atoms in total. The fourth-order valence-corrected chi connectivity index (χ4v) is 3.37. The number of carbonyl (C=O) groups is 1. The molecule has 0 bridgehead atoms. The minimum atomic E-state index is -0.195. The number of aromatic nitrogens is 2. The maximum absolute atomic E-state index is 12.8. The fourth-order valence-electron chi connectivity index (χ4n) is 2.73. The van der Waals surface area contributed by atoms with Gasteiger partial charge >= 0.3 is 0 Å². The van der Waals surface area contributed by atoms with Gasteiger partial charge in [0.15, 0.2) is 17.3 Å². The van der Waals surface area contributed by atoms with Crippen LogP contribution in [0, 0.1) is 11.3 Å². The second kappa shape index (κ2) is 8.70. The summed E-state index contributed by atoms with van der Waals surface area (Å²) >= 11 is 1.12. The number of fused-ring (bicyclic) bond motifs is 1. The van der Waals surface area contributed by atoms with Gasteiger partial charge in [-0.15, -0.1) is 10.2 Å². The first-order chi connectivity index (χ1) is 14.2. The molecule has 148 valence electrons. The highest BCUT2D eigenvalue weighted by Crippen LogP contribution is 2.34. The van der Waals surface area contributed by atoms with E-state index in [0.717, 1.165) is 11.8 Å². The van der Waals surface area contributed by atoms with Gasteiger partial charge in [-0.25, -0.2) is 0 Å². The summed E-state index contributed by atoms with van der Waals surface area (Å²) in [5.74, 6) is 1.80. The van der Waals surface area contributed by atoms with Gasteiger partial charge in [0.05, 0.1) is 24.5 Å². The maximum Gasteiger partial charge on any atom is 0.284 e. The van der Waals surface area contributed by atoms with Gasteiger partial charge in [-0.05, 0) is 24.3 Å². The Hall–Kier alpha value is -3.45. The lowest BCUT2D eigenvalue weighted by atomic mass is 10.2. The molecular weight excluding hydrogens is 396 g/mol. The number of rotatable bonds is 7. The topological polar surface area (TPSA) is 115 Å². The minimum Gasteiger partial charge on any atom is -0.486 e. The van der Waals surface area contributed by atoms with Crippen molar-refractivity contribution < 1.29 is 23.1 Å². The number of nitriles is 1. The van der Waals surface area contributed by atoms with Crippen molar-refractivity contribution in [1.29, 1.82) is 5.26 Å². The molecule has 0 saturated carbocycles. The highest BCUT2D eigenvalue weighted by molar-refractivity contribution is 7.99. The second-order valence-electron chi connectivity index (χ2n) is 5.92. The number of hydrogen-bond acceptors (Lipinski definition) is 9. The predicted molar refractivity (Wildman–Crippen MR) is 103 cm³/mol. The lowest BCUT2D eigenvalue weighted by Gasteiger charge is -2.24. The van der Waals surface area contributed by atoms with Crippen molar-refractivity contribution in [2.24, 2.45) is 0 Å². The molecule has 2 aromatic heterocycles. The van der Waals surface area contributed by atoms with E-state index in [0.29, 0.717) is 36.2 Å². The number of hydrogen-bond donors (Lipinski definition) is 0. The third kappa shape index (κ3) is 4.35. The quantitative estimate of drug-likeness (QED) is 0.540. The molecule has 0 fully saturated rings. The normalized spacial score (nSPS) is 12.4. The van der Waals surface area contributed by atoms with Gasteiger partial charge in [0.2, 0.25) is 5.91 Å². The first-order valence-corrected chi connectivity index (χ1v) is 9.80. The fraction of sp³-hybridized carbons (Fsp3) is 0.263. The van der Waals surface area contributed by atoms with Gasteiger partial charge in [-0.3, -0.25) is 4.79 Å². The highest BCUT2D eigenvalue weighted by atomic mass is 32.2. The van der Waals surface area contributed by atoms with Gasteiger partial charge in [0.25, 0.3) is 11.1 Å². The summed E-state index contributed by atoms with van der Waals surface area (Å²) in [5.41, 5.74) is 0.636. The first kappa shape index (κ1) is 18.9. The van der Waals surface area contributed by atoms with Crippen LogP contribution in [-0.2, 0) is 4.79 Å². The molecule has 0 saturated heterocycles. The van der Waals surface area contributed by atoms with Crippen LogP contribution in [-0.4, -0.2) is 41.6 Å². The zero-order chi connectivity index (χ0) is 20.1. The Labute approximate surface area is 170 Å². The smallest absolute Gasteiger partial charge is 0.284 e. The van der Waals surface area contributed by atoms with Crippen LogP contribution in [0.25, 0.3) is 11.7 Å². The Morgan fingerprint density at radius 3 is 2.86 bits per heavy atom. The summed E-state index contributed by atoms with van der Waals surface area (Å²) in [7, 11) is 0. The van der Waals surface area contributed by atoms with Crippen molar-refractivity contribution in [1.82, 2.24) is 10.2 Å². The number of thioether (sulfide) groups is 1. The van der Waals surface area contributed by atoms with E-state index in [2.05, 4.69) is 16.3 Å². The molecular formula is C19H16N4O5S. The lowest BCUT2D eigenvalue weighted by Crippen LogP contribution is -2.33. The van der Waals surface area contributed by atoms with Crippen LogP contribution < -0.4 is 14.4 Å². The Kier molecular flexibility index (Phi) is 5.67. The first-order valence-electron chi connectivity index (χ1n) is 8.82. The molecule has 0 atom stereocenters. The molecule has 3 heterocycles. The molecule has 0 N–H and O–H groups in total. The maximum atomic E-state index is 12.8. The molecule has 4 rings (SSSR count). The van der Waals surface area contributed by atoms with Crippen LogP contribution in [0.3, 0.4) is 0 Å². The number of nitrogens with zero attached hydrogens (tertiary/aromatic N) is 4. The van der Waals surface area contributed by atoms with Gasteiger partial charge in [-0.2, -0.15) is 5.26 Å². The Balaban J connectivity index is 1.45. The molecule has 0 aliphatic carbocycles. The summed E-state index contributed by atoms with van der Waals surface area (Å²) in [6.45, 7) is 1.20. The van der Waals surface area contributed by atoms with Crippen LogP contribution in [0.4, 0.5) is 5.69 Å². The summed E-state index contributed by atoms with van der Waals surface area (Å²) in [6, 6.07) is 10.8. The number of furan rings is 1. The molecule has 1 aromatic carbocycles. The zero-order valence-electron chi connectivity index (χ0n) is 15.2. The van der Waals surface area contributed by atoms with Gasteiger partial charge < -0.3 is 23.2 Å². The van der Waals surface area contributed by atoms with Crippen molar-refractivity contribution in [3.05, 3.63) is 36.6 Å². The van der Waals surface area contributed by atoms with Crippen LogP contribution >= 0.6 is 11.8 Å². The number of benzene rings is 1. The van der Waals surface area contributed by atoms with Crippen molar-refractivity contribution >= 4 is 23.4 Å². The van der Waals surface area contributed by atoms with E-state index in [4.69, 9.17) is 23.6 Å². The second-order valence-corrected chi connectivity index (χ2v) is 6.85. The van der Waals surface area contributed by atoms with E-state index in [-0.39, 0.29) is 35.7 Å². The summed E-state index contributed by atoms with van der Waals surface area (Å²) in [4.78, 5) is 14.4. The molecule has 0 unspecified atom stereocenters. The van der Waals surface area contributed by atoms with Crippen LogP contribution in [0.15, 0.2) is 50.7 Å². The number of ether oxygens (including phenoxy) is 2. The molecule has 0 radical (unpaired) electrons. The van der Waals surface area contributed by atoms with Gasteiger partial charge in [-0.1, -0.05) is 11.8 Å². The molecule has 1 aliphatic rings. The third-order valence-corrected chi connectivity index (χ3v) is 4.85.